The third-order valence-corrected chi connectivity index (χ3v) is 2.56. The van der Waals surface area contributed by atoms with E-state index >= 15 is 0 Å². The summed E-state index contributed by atoms with van der Waals surface area (Å²) in [5, 5.41) is 0.735. The molecule has 15 heavy (non-hydrogen) atoms. The van der Waals surface area contributed by atoms with E-state index in [1.165, 1.54) is 0 Å². The summed E-state index contributed by atoms with van der Waals surface area (Å²) in [4.78, 5) is 0. The number of ether oxygens (including phenoxy) is 1. The van der Waals surface area contributed by atoms with Crippen molar-refractivity contribution >= 4 is 11.6 Å². The lowest BCUT2D eigenvalue weighted by Gasteiger charge is -2.17. The first-order valence-electron chi connectivity index (χ1n) is 5.68. The van der Waals surface area contributed by atoms with Crippen LogP contribution in [0, 0.1) is 0 Å². The van der Waals surface area contributed by atoms with Crippen LogP contribution in [-0.2, 0) is 0 Å². The van der Waals surface area contributed by atoms with E-state index in [9.17, 15) is 0 Å². The fourth-order valence-corrected chi connectivity index (χ4v) is 1.82. The van der Waals surface area contributed by atoms with Crippen molar-refractivity contribution in [3.63, 3.8) is 0 Å². The maximum Gasteiger partial charge on any atom is 0.121 e. The zero-order valence-corrected chi connectivity index (χ0v) is 10.3. The molecule has 84 valence electrons. The molecule has 1 rings (SSSR count). The molecule has 0 N–H and O–H groups in total. The van der Waals surface area contributed by atoms with Gasteiger partial charge < -0.3 is 4.74 Å². The van der Waals surface area contributed by atoms with Crippen LogP contribution in [0.4, 0.5) is 0 Å². The van der Waals surface area contributed by atoms with Gasteiger partial charge in [-0.2, -0.15) is 0 Å². The number of hydrogen-bond acceptors (Lipinski definition) is 1. The van der Waals surface area contributed by atoms with E-state index in [1.807, 2.05) is 24.3 Å². The van der Waals surface area contributed by atoms with Crippen LogP contribution in [-0.4, -0.2) is 6.10 Å². The third kappa shape index (κ3) is 4.57. The summed E-state index contributed by atoms with van der Waals surface area (Å²) in [6, 6.07) is 7.62. The molecule has 0 atom stereocenters. The highest BCUT2D eigenvalue weighted by molar-refractivity contribution is 6.30. The maximum atomic E-state index is 5.90. The molecular formula is C13H19ClO. The van der Waals surface area contributed by atoms with Crippen LogP contribution in [0.2, 0.25) is 5.02 Å². The average Bonchev–Trinajstić information content (AvgIpc) is 2.18. The molecule has 0 aliphatic carbocycles. The molecule has 0 aliphatic heterocycles. The molecule has 2 heteroatoms. The van der Waals surface area contributed by atoms with Gasteiger partial charge in [0, 0.05) is 5.02 Å². The lowest BCUT2D eigenvalue weighted by molar-refractivity contribution is 0.179. The molecule has 0 aliphatic rings. The van der Waals surface area contributed by atoms with Crippen LogP contribution in [0.25, 0.3) is 0 Å². The van der Waals surface area contributed by atoms with Gasteiger partial charge >= 0.3 is 0 Å². The quantitative estimate of drug-likeness (QED) is 0.684. The van der Waals surface area contributed by atoms with Crippen LogP contribution in [0.5, 0.6) is 5.75 Å². The van der Waals surface area contributed by atoms with Gasteiger partial charge in [0.1, 0.15) is 5.75 Å². The molecule has 0 spiro atoms. The van der Waals surface area contributed by atoms with Crippen LogP contribution in [0.3, 0.4) is 0 Å². The third-order valence-electron chi connectivity index (χ3n) is 2.32. The van der Waals surface area contributed by atoms with Crippen molar-refractivity contribution in [2.24, 2.45) is 0 Å². The minimum atomic E-state index is 0.332. The van der Waals surface area contributed by atoms with E-state index < -0.39 is 0 Å². The van der Waals surface area contributed by atoms with Gasteiger partial charge in [-0.3, -0.25) is 0 Å². The summed E-state index contributed by atoms with van der Waals surface area (Å²) < 4.78 is 5.89. The molecule has 0 saturated carbocycles. The molecule has 0 bridgehead atoms. The highest BCUT2D eigenvalue weighted by Gasteiger charge is 2.08. The Labute approximate surface area is 97.4 Å². The van der Waals surface area contributed by atoms with Crippen molar-refractivity contribution in [1.82, 2.24) is 0 Å². The van der Waals surface area contributed by atoms with Gasteiger partial charge in [-0.15, -0.1) is 0 Å². The Kier molecular flexibility index (Phi) is 5.56. The SMILES string of the molecule is CCCC(CCC)Oc1cccc(Cl)c1. The Morgan fingerprint density at radius 1 is 1.20 bits per heavy atom. The minimum Gasteiger partial charge on any atom is -0.490 e. The first kappa shape index (κ1) is 12.4. The fraction of sp³-hybridized carbons (Fsp3) is 0.538. The first-order chi connectivity index (χ1) is 7.26. The van der Waals surface area contributed by atoms with E-state index in [2.05, 4.69) is 13.8 Å². The minimum absolute atomic E-state index is 0.332. The molecule has 0 radical (unpaired) electrons. The second kappa shape index (κ2) is 6.73. The van der Waals surface area contributed by atoms with E-state index in [0.29, 0.717) is 6.10 Å². The summed E-state index contributed by atoms with van der Waals surface area (Å²) in [6.45, 7) is 4.37. The molecule has 0 heterocycles. The standard InChI is InChI=1S/C13H19ClO/c1-3-6-12(7-4-2)15-13-9-5-8-11(14)10-13/h5,8-10,12H,3-4,6-7H2,1-2H3. The van der Waals surface area contributed by atoms with Gasteiger partial charge in [-0.1, -0.05) is 44.4 Å². The predicted molar refractivity (Wildman–Crippen MR) is 65.7 cm³/mol. The fourth-order valence-electron chi connectivity index (χ4n) is 1.64. The highest BCUT2D eigenvalue weighted by atomic mass is 35.5. The van der Waals surface area contributed by atoms with E-state index in [0.717, 1.165) is 36.5 Å². The van der Waals surface area contributed by atoms with Crippen molar-refractivity contribution in [2.75, 3.05) is 0 Å². The van der Waals surface area contributed by atoms with Gasteiger partial charge in [0.2, 0.25) is 0 Å². The van der Waals surface area contributed by atoms with Crippen molar-refractivity contribution in [3.05, 3.63) is 29.3 Å². The molecule has 0 saturated heterocycles. The van der Waals surface area contributed by atoms with Gasteiger partial charge in [-0.05, 0) is 31.0 Å². The van der Waals surface area contributed by atoms with Crippen LogP contribution < -0.4 is 4.74 Å². The van der Waals surface area contributed by atoms with Crippen LogP contribution in [0.1, 0.15) is 39.5 Å². The Balaban J connectivity index is 2.56. The molecular weight excluding hydrogens is 208 g/mol. The van der Waals surface area contributed by atoms with Crippen molar-refractivity contribution in [1.29, 1.82) is 0 Å². The van der Waals surface area contributed by atoms with Crippen molar-refractivity contribution in [3.8, 4) is 5.75 Å². The molecule has 1 nitrogen and oxygen atoms in total. The molecule has 0 amide bonds. The summed E-state index contributed by atoms with van der Waals surface area (Å²) in [6.07, 6.45) is 4.87. The van der Waals surface area contributed by atoms with Crippen LogP contribution in [0.15, 0.2) is 24.3 Å². The summed E-state index contributed by atoms with van der Waals surface area (Å²) in [5.74, 6) is 0.884. The Bertz CT molecular complexity index is 280. The molecule has 1 aromatic carbocycles. The molecule has 0 aromatic heterocycles. The zero-order valence-electron chi connectivity index (χ0n) is 9.50. The Morgan fingerprint density at radius 2 is 1.87 bits per heavy atom. The Morgan fingerprint density at radius 3 is 2.40 bits per heavy atom. The lowest BCUT2D eigenvalue weighted by Crippen LogP contribution is -2.15. The second-order valence-electron chi connectivity index (χ2n) is 3.77. The lowest BCUT2D eigenvalue weighted by atomic mass is 10.1. The van der Waals surface area contributed by atoms with Gasteiger partial charge in [0.25, 0.3) is 0 Å². The van der Waals surface area contributed by atoms with Crippen LogP contribution >= 0.6 is 11.6 Å². The largest absolute Gasteiger partial charge is 0.490 e. The Hall–Kier alpha value is -0.690. The van der Waals surface area contributed by atoms with E-state index in [4.69, 9.17) is 16.3 Å². The average molecular weight is 227 g/mol. The highest BCUT2D eigenvalue weighted by Crippen LogP contribution is 2.20. The van der Waals surface area contributed by atoms with Gasteiger partial charge in [0.15, 0.2) is 0 Å². The van der Waals surface area contributed by atoms with Crippen molar-refractivity contribution in [2.45, 2.75) is 45.6 Å². The zero-order chi connectivity index (χ0) is 11.1. The number of rotatable bonds is 6. The van der Waals surface area contributed by atoms with E-state index in [-0.39, 0.29) is 0 Å². The molecule has 0 unspecified atom stereocenters. The van der Waals surface area contributed by atoms with E-state index in [1.54, 1.807) is 0 Å². The molecule has 1 aromatic rings. The molecule has 0 fully saturated rings. The summed E-state index contributed by atoms with van der Waals surface area (Å²) in [5.41, 5.74) is 0. The monoisotopic (exact) mass is 226 g/mol. The maximum absolute atomic E-state index is 5.90. The van der Waals surface area contributed by atoms with Gasteiger partial charge in [0.05, 0.1) is 6.10 Å². The number of benzene rings is 1. The second-order valence-corrected chi connectivity index (χ2v) is 4.21. The normalized spacial score (nSPS) is 10.7. The van der Waals surface area contributed by atoms with Crippen molar-refractivity contribution < 1.29 is 4.74 Å². The topological polar surface area (TPSA) is 9.23 Å². The first-order valence-corrected chi connectivity index (χ1v) is 6.06. The number of hydrogen-bond donors (Lipinski definition) is 0. The predicted octanol–water partition coefficient (Wildman–Crippen LogP) is 4.69. The number of halogens is 1. The summed E-state index contributed by atoms with van der Waals surface area (Å²) in [7, 11) is 0. The smallest absolute Gasteiger partial charge is 0.121 e. The van der Waals surface area contributed by atoms with Gasteiger partial charge in [-0.25, -0.2) is 0 Å². The summed E-state index contributed by atoms with van der Waals surface area (Å²) >= 11 is 5.90.